The molecule has 0 aromatic heterocycles. The number of anilines is 1. The number of carbonyl (C=O) groups excluding carboxylic acids is 3. The minimum Gasteiger partial charge on any atom is -0.484 e. The Morgan fingerprint density at radius 3 is 2.44 bits per heavy atom. The Kier molecular flexibility index (Phi) is 7.08. The topological polar surface area (TPSA) is 75.7 Å². The molecule has 1 saturated heterocycles. The predicted octanol–water partition coefficient (Wildman–Crippen LogP) is 5.39. The number of benzene rings is 3. The Labute approximate surface area is 200 Å². The summed E-state index contributed by atoms with van der Waals surface area (Å²) in [6.45, 7) is 1.85. The molecule has 0 spiro atoms. The summed E-state index contributed by atoms with van der Waals surface area (Å²) in [5.41, 5.74) is 3.07. The van der Waals surface area contributed by atoms with E-state index in [1.165, 1.54) is 12.1 Å². The molecule has 4 rings (SSSR count). The largest absolute Gasteiger partial charge is 0.484 e. The number of nitrogens with one attached hydrogen (secondary N) is 1. The summed E-state index contributed by atoms with van der Waals surface area (Å²) in [4.78, 5) is 38.6. The lowest BCUT2D eigenvalue weighted by Crippen LogP contribution is -2.27. The molecule has 0 atom stereocenters. The van der Waals surface area contributed by atoms with E-state index in [0.29, 0.717) is 21.8 Å². The van der Waals surface area contributed by atoms with E-state index < -0.39 is 5.91 Å². The fourth-order valence-electron chi connectivity index (χ4n) is 3.27. The third kappa shape index (κ3) is 5.71. The molecule has 0 bridgehead atoms. The molecule has 34 heavy (non-hydrogen) atoms. The van der Waals surface area contributed by atoms with Gasteiger partial charge in [0.25, 0.3) is 17.1 Å². The zero-order valence-electron chi connectivity index (χ0n) is 18.3. The number of ether oxygens (including phenoxy) is 1. The van der Waals surface area contributed by atoms with E-state index in [2.05, 4.69) is 5.32 Å². The molecule has 1 heterocycles. The molecule has 1 fully saturated rings. The number of para-hydroxylation sites is 1. The number of amides is 3. The first kappa shape index (κ1) is 23.3. The van der Waals surface area contributed by atoms with E-state index in [1.54, 1.807) is 42.5 Å². The number of carbonyl (C=O) groups is 3. The lowest BCUT2D eigenvalue weighted by molar-refractivity contribution is -0.123. The number of rotatable bonds is 7. The summed E-state index contributed by atoms with van der Waals surface area (Å²) in [7, 11) is 0. The van der Waals surface area contributed by atoms with Gasteiger partial charge in [0.15, 0.2) is 6.61 Å². The van der Waals surface area contributed by atoms with E-state index in [-0.39, 0.29) is 30.1 Å². The molecule has 1 aliphatic heterocycles. The van der Waals surface area contributed by atoms with Crippen molar-refractivity contribution in [2.45, 2.75) is 13.5 Å². The summed E-state index contributed by atoms with van der Waals surface area (Å²) < 4.78 is 18.6. The van der Waals surface area contributed by atoms with Crippen molar-refractivity contribution in [2.75, 3.05) is 11.9 Å². The van der Waals surface area contributed by atoms with Gasteiger partial charge in [-0.15, -0.1) is 0 Å². The average molecular weight is 477 g/mol. The van der Waals surface area contributed by atoms with Gasteiger partial charge in [0.05, 0.1) is 11.4 Å². The highest BCUT2D eigenvalue weighted by Gasteiger charge is 2.34. The van der Waals surface area contributed by atoms with E-state index in [9.17, 15) is 18.8 Å². The highest BCUT2D eigenvalue weighted by Crippen LogP contribution is 2.33. The molecule has 3 aromatic carbocycles. The normalized spacial score (nSPS) is 14.5. The summed E-state index contributed by atoms with van der Waals surface area (Å²) in [6, 6.07) is 20.0. The van der Waals surface area contributed by atoms with Gasteiger partial charge in [-0.1, -0.05) is 42.5 Å². The number of hydrogen-bond donors (Lipinski definition) is 1. The minimum absolute atomic E-state index is 0.0830. The van der Waals surface area contributed by atoms with Crippen LogP contribution in [0.15, 0.2) is 77.7 Å². The molecule has 172 valence electrons. The highest BCUT2D eigenvalue weighted by atomic mass is 32.2. The molecule has 0 saturated carbocycles. The Balaban J connectivity index is 1.34. The first-order valence-corrected chi connectivity index (χ1v) is 11.3. The van der Waals surface area contributed by atoms with Crippen molar-refractivity contribution in [1.29, 1.82) is 0 Å². The third-order valence-corrected chi connectivity index (χ3v) is 6.00. The van der Waals surface area contributed by atoms with Crippen molar-refractivity contribution in [1.82, 2.24) is 4.90 Å². The summed E-state index contributed by atoms with van der Waals surface area (Å²) in [6.07, 6.45) is 1.63. The smallest absolute Gasteiger partial charge is 0.293 e. The maximum atomic E-state index is 13.1. The fourth-order valence-corrected chi connectivity index (χ4v) is 4.11. The van der Waals surface area contributed by atoms with Gasteiger partial charge in [-0.05, 0) is 71.8 Å². The van der Waals surface area contributed by atoms with Gasteiger partial charge in [0, 0.05) is 5.69 Å². The van der Waals surface area contributed by atoms with Crippen molar-refractivity contribution in [2.24, 2.45) is 0 Å². The summed E-state index contributed by atoms with van der Waals surface area (Å²) in [5, 5.41) is 2.43. The second-order valence-corrected chi connectivity index (χ2v) is 8.61. The SMILES string of the molecule is Cc1ccccc1NC(=O)COc1ccc(/C=C2\SC(=O)N(Cc3ccc(F)cc3)C2=O)cc1. The van der Waals surface area contributed by atoms with Gasteiger partial charge in [-0.3, -0.25) is 19.3 Å². The van der Waals surface area contributed by atoms with Gasteiger partial charge >= 0.3 is 0 Å². The van der Waals surface area contributed by atoms with Crippen LogP contribution in [0.5, 0.6) is 5.75 Å². The van der Waals surface area contributed by atoms with E-state index in [0.717, 1.165) is 27.9 Å². The second kappa shape index (κ2) is 10.4. The molecule has 1 aliphatic rings. The number of hydrogen-bond acceptors (Lipinski definition) is 5. The van der Waals surface area contributed by atoms with E-state index in [4.69, 9.17) is 4.74 Å². The van der Waals surface area contributed by atoms with Gasteiger partial charge in [0.1, 0.15) is 11.6 Å². The van der Waals surface area contributed by atoms with Crippen LogP contribution >= 0.6 is 11.8 Å². The Morgan fingerprint density at radius 1 is 1.03 bits per heavy atom. The number of imide groups is 1. The molecule has 0 unspecified atom stereocenters. The van der Waals surface area contributed by atoms with Crippen LogP contribution in [0.3, 0.4) is 0 Å². The van der Waals surface area contributed by atoms with E-state index >= 15 is 0 Å². The van der Waals surface area contributed by atoms with Crippen molar-refractivity contribution in [3.8, 4) is 5.75 Å². The lowest BCUT2D eigenvalue weighted by Gasteiger charge is -2.12. The minimum atomic E-state index is -0.396. The molecule has 3 aromatic rings. The third-order valence-electron chi connectivity index (χ3n) is 5.09. The predicted molar refractivity (Wildman–Crippen MR) is 130 cm³/mol. The van der Waals surface area contributed by atoms with Crippen molar-refractivity contribution in [3.63, 3.8) is 0 Å². The lowest BCUT2D eigenvalue weighted by atomic mass is 10.2. The number of halogens is 1. The Bertz CT molecular complexity index is 1260. The van der Waals surface area contributed by atoms with Crippen LogP contribution in [0.1, 0.15) is 16.7 Å². The summed E-state index contributed by atoms with van der Waals surface area (Å²) in [5.74, 6) is -0.542. The van der Waals surface area contributed by atoms with Gasteiger partial charge in [-0.2, -0.15) is 0 Å². The van der Waals surface area contributed by atoms with Crippen LogP contribution in [0, 0.1) is 12.7 Å². The molecule has 0 aliphatic carbocycles. The van der Waals surface area contributed by atoms with Crippen LogP contribution in [0.25, 0.3) is 6.08 Å². The van der Waals surface area contributed by atoms with Crippen molar-refractivity contribution >= 4 is 40.6 Å². The standard InChI is InChI=1S/C26H21FN2O4S/c1-17-4-2-3-5-22(17)28-24(30)16-33-21-12-8-18(9-13-21)14-23-25(31)29(26(32)34-23)15-19-6-10-20(27)11-7-19/h2-14H,15-16H2,1H3,(H,28,30)/b23-14-. The maximum absolute atomic E-state index is 13.1. The number of thioether (sulfide) groups is 1. The molecule has 1 N–H and O–H groups in total. The molecular formula is C26H21FN2O4S. The maximum Gasteiger partial charge on any atom is 0.293 e. The van der Waals surface area contributed by atoms with Crippen LogP contribution in [0.2, 0.25) is 0 Å². The van der Waals surface area contributed by atoms with Crippen LogP contribution in [0.4, 0.5) is 14.9 Å². The molecule has 3 amide bonds. The van der Waals surface area contributed by atoms with E-state index in [1.807, 2.05) is 31.2 Å². The van der Waals surface area contributed by atoms with Gasteiger partial charge in [-0.25, -0.2) is 4.39 Å². The van der Waals surface area contributed by atoms with Crippen LogP contribution in [-0.2, 0) is 16.1 Å². The zero-order valence-corrected chi connectivity index (χ0v) is 19.1. The average Bonchev–Trinajstić information content (AvgIpc) is 3.09. The monoisotopic (exact) mass is 476 g/mol. The van der Waals surface area contributed by atoms with Crippen molar-refractivity contribution < 1.29 is 23.5 Å². The summed E-state index contributed by atoms with van der Waals surface area (Å²) >= 11 is 0.860. The quantitative estimate of drug-likeness (QED) is 0.463. The zero-order chi connectivity index (χ0) is 24.1. The van der Waals surface area contributed by atoms with Gasteiger partial charge < -0.3 is 10.1 Å². The van der Waals surface area contributed by atoms with Crippen molar-refractivity contribution in [3.05, 3.63) is 100 Å². The molecule has 6 nitrogen and oxygen atoms in total. The van der Waals surface area contributed by atoms with Gasteiger partial charge in [0.2, 0.25) is 0 Å². The highest BCUT2D eigenvalue weighted by molar-refractivity contribution is 8.18. The Morgan fingerprint density at radius 2 is 1.74 bits per heavy atom. The number of aryl methyl sites for hydroxylation is 1. The number of nitrogens with zero attached hydrogens (tertiary/aromatic N) is 1. The first-order valence-electron chi connectivity index (χ1n) is 10.5. The fraction of sp³-hybridized carbons (Fsp3) is 0.115. The van der Waals surface area contributed by atoms with Crippen LogP contribution in [-0.4, -0.2) is 28.6 Å². The van der Waals surface area contributed by atoms with Crippen LogP contribution < -0.4 is 10.1 Å². The molecular weight excluding hydrogens is 455 g/mol. The first-order chi connectivity index (χ1) is 16.4. The molecule has 8 heteroatoms. The Hall–Kier alpha value is -3.91. The molecule has 0 radical (unpaired) electrons. The second-order valence-electron chi connectivity index (χ2n) is 7.62.